The summed E-state index contributed by atoms with van der Waals surface area (Å²) in [5.41, 5.74) is 0.455. The van der Waals surface area contributed by atoms with Crippen molar-refractivity contribution in [2.24, 2.45) is 0 Å². The molecule has 0 unspecified atom stereocenters. The van der Waals surface area contributed by atoms with Crippen LogP contribution in [0.5, 0.6) is 0 Å². The van der Waals surface area contributed by atoms with Gasteiger partial charge in [0.15, 0.2) is 6.29 Å². The maximum Gasteiger partial charge on any atom is 0.338 e. The highest BCUT2D eigenvalue weighted by Gasteiger charge is 2.41. The lowest BCUT2D eigenvalue weighted by Gasteiger charge is -2.40. The van der Waals surface area contributed by atoms with Gasteiger partial charge in [0.2, 0.25) is 5.91 Å². The lowest BCUT2D eigenvalue weighted by Crippen LogP contribution is -2.57. The first-order chi connectivity index (χ1) is 11.0. The van der Waals surface area contributed by atoms with Crippen LogP contribution in [0, 0.1) is 0 Å². The molecule has 1 aromatic rings. The Balaban J connectivity index is 2.16. The number of hydrogen-bond donors (Lipinski definition) is 1. The van der Waals surface area contributed by atoms with Crippen LogP contribution in [0.1, 0.15) is 23.7 Å². The number of alkyl halides is 1. The molecule has 0 aromatic heterocycles. The molecular formula is C16H20BrNO5. The second kappa shape index (κ2) is 8.42. The largest absolute Gasteiger partial charge is 0.454 e. The number of rotatable bonds is 5. The van der Waals surface area contributed by atoms with Gasteiger partial charge in [0, 0.05) is 25.8 Å². The fourth-order valence-corrected chi connectivity index (χ4v) is 3.05. The van der Waals surface area contributed by atoms with Gasteiger partial charge in [-0.05, 0) is 12.1 Å². The lowest BCUT2D eigenvalue weighted by atomic mass is 9.99. The van der Waals surface area contributed by atoms with E-state index in [2.05, 4.69) is 21.2 Å². The molecule has 2 rings (SSSR count). The van der Waals surface area contributed by atoms with E-state index in [1.165, 1.54) is 14.0 Å². The molecule has 7 heteroatoms. The van der Waals surface area contributed by atoms with Gasteiger partial charge >= 0.3 is 5.97 Å². The van der Waals surface area contributed by atoms with E-state index in [0.717, 1.165) is 0 Å². The zero-order valence-corrected chi connectivity index (χ0v) is 14.6. The van der Waals surface area contributed by atoms with Gasteiger partial charge in [0.05, 0.1) is 11.6 Å². The summed E-state index contributed by atoms with van der Waals surface area (Å²) in [6.45, 7) is 1.43. The molecule has 126 valence electrons. The summed E-state index contributed by atoms with van der Waals surface area (Å²) in [6.07, 6.45) is -1.07. The monoisotopic (exact) mass is 385 g/mol. The van der Waals surface area contributed by atoms with Crippen molar-refractivity contribution >= 4 is 27.8 Å². The number of esters is 1. The third-order valence-electron chi connectivity index (χ3n) is 3.59. The molecule has 23 heavy (non-hydrogen) atoms. The smallest absolute Gasteiger partial charge is 0.338 e. The summed E-state index contributed by atoms with van der Waals surface area (Å²) < 4.78 is 16.6. The number of methoxy groups -OCH3 is 1. The first kappa shape index (κ1) is 17.9. The molecule has 0 bridgehead atoms. The van der Waals surface area contributed by atoms with Crippen molar-refractivity contribution in [3.63, 3.8) is 0 Å². The van der Waals surface area contributed by atoms with Crippen LogP contribution in [0.4, 0.5) is 0 Å². The third kappa shape index (κ3) is 4.76. The molecule has 1 aromatic carbocycles. The predicted molar refractivity (Wildman–Crippen MR) is 87.3 cm³/mol. The van der Waals surface area contributed by atoms with Crippen molar-refractivity contribution in [2.45, 2.75) is 37.9 Å². The fraction of sp³-hybridized carbons (Fsp3) is 0.500. The van der Waals surface area contributed by atoms with E-state index in [-0.39, 0.29) is 11.9 Å². The van der Waals surface area contributed by atoms with Crippen LogP contribution >= 0.6 is 15.9 Å². The second-order valence-corrected chi connectivity index (χ2v) is 5.92. The molecule has 0 spiro atoms. The van der Waals surface area contributed by atoms with Crippen LogP contribution in [0.25, 0.3) is 0 Å². The maximum atomic E-state index is 12.3. The first-order valence-electron chi connectivity index (χ1n) is 7.32. The minimum Gasteiger partial charge on any atom is -0.454 e. The van der Waals surface area contributed by atoms with Crippen LogP contribution in [0.3, 0.4) is 0 Å². The van der Waals surface area contributed by atoms with Gasteiger partial charge in [-0.25, -0.2) is 4.79 Å². The van der Waals surface area contributed by atoms with Crippen LogP contribution in [0.15, 0.2) is 30.3 Å². The highest BCUT2D eigenvalue weighted by molar-refractivity contribution is 9.09. The average Bonchev–Trinajstić information content (AvgIpc) is 2.56. The van der Waals surface area contributed by atoms with Crippen LogP contribution in [-0.4, -0.2) is 48.9 Å². The molecule has 4 atom stereocenters. The molecule has 1 fully saturated rings. The Labute approximate surface area is 143 Å². The number of amides is 1. The SMILES string of the molecule is CO[C@@H]1C[C@@H](NC(C)=O)[C@@H](OC(=O)c2ccccc2)[C@@H](CBr)O1. The average molecular weight is 386 g/mol. The lowest BCUT2D eigenvalue weighted by molar-refractivity contribution is -0.213. The third-order valence-corrected chi connectivity index (χ3v) is 4.23. The molecule has 0 aliphatic carbocycles. The second-order valence-electron chi connectivity index (χ2n) is 5.27. The number of carbonyl (C=O) groups excluding carboxylic acids is 2. The normalized spacial score (nSPS) is 27.3. The molecule has 1 aliphatic heterocycles. The number of ether oxygens (including phenoxy) is 3. The topological polar surface area (TPSA) is 73.9 Å². The Morgan fingerprint density at radius 3 is 2.61 bits per heavy atom. The molecule has 6 nitrogen and oxygen atoms in total. The van der Waals surface area contributed by atoms with Crippen molar-refractivity contribution in [3.8, 4) is 0 Å². The molecule has 0 saturated carbocycles. The number of halogens is 1. The molecule has 1 amide bonds. The Bertz CT molecular complexity index is 539. The van der Waals surface area contributed by atoms with E-state index < -0.39 is 24.5 Å². The summed E-state index contributed by atoms with van der Waals surface area (Å²) in [5.74, 6) is -0.641. The van der Waals surface area contributed by atoms with E-state index in [4.69, 9.17) is 14.2 Å². The van der Waals surface area contributed by atoms with Crippen molar-refractivity contribution in [1.29, 1.82) is 0 Å². The van der Waals surface area contributed by atoms with Gasteiger partial charge < -0.3 is 19.5 Å². The van der Waals surface area contributed by atoms with Gasteiger partial charge in [-0.2, -0.15) is 0 Å². The summed E-state index contributed by atoms with van der Waals surface area (Å²) in [5, 5.41) is 3.27. The van der Waals surface area contributed by atoms with Crippen LogP contribution in [-0.2, 0) is 19.0 Å². The zero-order chi connectivity index (χ0) is 16.8. The quantitative estimate of drug-likeness (QED) is 0.618. The summed E-state index contributed by atoms with van der Waals surface area (Å²) >= 11 is 3.36. The minimum atomic E-state index is -0.600. The van der Waals surface area contributed by atoms with Gasteiger partial charge in [0.25, 0.3) is 0 Å². The highest BCUT2D eigenvalue weighted by atomic mass is 79.9. The van der Waals surface area contributed by atoms with E-state index in [0.29, 0.717) is 17.3 Å². The molecule has 1 saturated heterocycles. The van der Waals surface area contributed by atoms with E-state index in [9.17, 15) is 9.59 Å². The van der Waals surface area contributed by atoms with Gasteiger partial charge in [-0.1, -0.05) is 34.1 Å². The zero-order valence-electron chi connectivity index (χ0n) is 13.0. The molecule has 0 radical (unpaired) electrons. The first-order valence-corrected chi connectivity index (χ1v) is 8.44. The minimum absolute atomic E-state index is 0.194. The van der Waals surface area contributed by atoms with Crippen molar-refractivity contribution in [3.05, 3.63) is 35.9 Å². The number of nitrogens with one attached hydrogen (secondary N) is 1. The van der Waals surface area contributed by atoms with Crippen molar-refractivity contribution in [2.75, 3.05) is 12.4 Å². The van der Waals surface area contributed by atoms with Gasteiger partial charge in [0.1, 0.15) is 12.2 Å². The van der Waals surface area contributed by atoms with E-state index >= 15 is 0 Å². The Morgan fingerprint density at radius 1 is 1.35 bits per heavy atom. The van der Waals surface area contributed by atoms with Crippen molar-refractivity contribution < 1.29 is 23.8 Å². The van der Waals surface area contributed by atoms with Gasteiger partial charge in [-0.15, -0.1) is 0 Å². The van der Waals surface area contributed by atoms with Gasteiger partial charge in [-0.3, -0.25) is 4.79 Å². The maximum absolute atomic E-state index is 12.3. The Hall–Kier alpha value is -1.44. The Morgan fingerprint density at radius 2 is 2.04 bits per heavy atom. The number of carbonyl (C=O) groups is 2. The predicted octanol–water partition coefficient (Wildman–Crippen LogP) is 1.87. The van der Waals surface area contributed by atoms with Crippen LogP contribution in [0.2, 0.25) is 0 Å². The molecule has 1 aliphatic rings. The van der Waals surface area contributed by atoms with E-state index in [1.54, 1.807) is 24.3 Å². The van der Waals surface area contributed by atoms with Crippen molar-refractivity contribution in [1.82, 2.24) is 5.32 Å². The standard InChI is InChI=1S/C16H20BrNO5/c1-10(19)18-12-8-14(21-2)22-13(9-17)15(12)23-16(20)11-6-4-3-5-7-11/h3-7,12-15H,8-9H2,1-2H3,(H,18,19)/t12-,13-,14+,15-/m1/s1. The summed E-state index contributed by atoms with van der Waals surface area (Å²) in [7, 11) is 1.54. The fourth-order valence-electron chi connectivity index (χ4n) is 2.53. The Kier molecular flexibility index (Phi) is 6.56. The molecular weight excluding hydrogens is 366 g/mol. The summed E-state index contributed by atoms with van der Waals surface area (Å²) in [4.78, 5) is 23.8. The van der Waals surface area contributed by atoms with E-state index in [1.807, 2.05) is 6.07 Å². The molecule has 1 N–H and O–H groups in total. The number of benzene rings is 1. The molecule has 1 heterocycles. The summed E-state index contributed by atoms with van der Waals surface area (Å²) in [6, 6.07) is 8.35. The highest BCUT2D eigenvalue weighted by Crippen LogP contribution is 2.25. The number of hydrogen-bond acceptors (Lipinski definition) is 5. The van der Waals surface area contributed by atoms with Crippen LogP contribution < -0.4 is 5.32 Å².